The highest BCUT2D eigenvalue weighted by molar-refractivity contribution is 9.10. The lowest BCUT2D eigenvalue weighted by atomic mass is 10.6. The lowest BCUT2D eigenvalue weighted by molar-refractivity contribution is 0.602. The highest BCUT2D eigenvalue weighted by Gasteiger charge is 2.11. The average molecular weight is 303 g/mol. The molecular weight excluding hydrogens is 296 g/mol. The van der Waals surface area contributed by atoms with E-state index in [1.165, 1.54) is 29.5 Å². The van der Waals surface area contributed by atoms with E-state index in [-0.39, 0.29) is 4.90 Å². The van der Waals surface area contributed by atoms with Gasteiger partial charge in [-0.3, -0.25) is 0 Å². The molecule has 0 fully saturated rings. The fourth-order valence-electron chi connectivity index (χ4n) is 1.05. The van der Waals surface area contributed by atoms with E-state index in [1.54, 1.807) is 0 Å². The molecule has 0 saturated carbocycles. The minimum absolute atomic E-state index is 0.150. The maximum Gasteiger partial charge on any atom is 0.178 e. The Hall–Kier alpha value is -1.28. The quantitative estimate of drug-likeness (QED) is 0.821. The molecule has 0 unspecified atom stereocenters. The van der Waals surface area contributed by atoms with Crippen LogP contribution in [0.25, 0.3) is 5.82 Å². The Morgan fingerprint density at radius 3 is 2.50 bits per heavy atom. The van der Waals surface area contributed by atoms with Gasteiger partial charge in [0, 0.05) is 6.26 Å². The highest BCUT2D eigenvalue weighted by atomic mass is 79.9. The minimum Gasteiger partial charge on any atom is -0.244 e. The number of hydrogen-bond donors (Lipinski definition) is 0. The Bertz CT molecular complexity index is 605. The van der Waals surface area contributed by atoms with Crippen LogP contribution in [0.1, 0.15) is 0 Å². The number of nitrogens with zero attached hydrogens (tertiary/aromatic N) is 4. The summed E-state index contributed by atoms with van der Waals surface area (Å²) in [5.74, 6) is 0.457. The summed E-state index contributed by atoms with van der Waals surface area (Å²) >= 11 is 3.16. The first-order valence-electron chi connectivity index (χ1n) is 4.19. The number of aromatic nitrogens is 4. The van der Waals surface area contributed by atoms with Crippen LogP contribution in [0, 0.1) is 0 Å². The Morgan fingerprint density at radius 2 is 2.00 bits per heavy atom. The minimum atomic E-state index is -3.24. The van der Waals surface area contributed by atoms with Crippen LogP contribution in [0.3, 0.4) is 0 Å². The molecule has 6 nitrogen and oxygen atoms in total. The number of rotatable bonds is 2. The zero-order valence-corrected chi connectivity index (χ0v) is 10.6. The standard InChI is InChI=1S/C8H7BrN4O2S/c1-16(14,15)6-2-12-13(5-6)8-4-10-7(9)3-11-8/h2-5H,1H3. The molecule has 0 atom stereocenters. The third-order valence-electron chi connectivity index (χ3n) is 1.83. The summed E-state index contributed by atoms with van der Waals surface area (Å²) in [6, 6.07) is 0. The molecule has 2 heterocycles. The number of sulfone groups is 1. The van der Waals surface area contributed by atoms with E-state index in [0.29, 0.717) is 10.4 Å². The van der Waals surface area contributed by atoms with Crippen molar-refractivity contribution in [1.29, 1.82) is 0 Å². The molecule has 16 heavy (non-hydrogen) atoms. The molecule has 0 aliphatic rings. The molecule has 84 valence electrons. The summed E-state index contributed by atoms with van der Waals surface area (Å²) in [7, 11) is -3.24. The topological polar surface area (TPSA) is 77.7 Å². The summed E-state index contributed by atoms with van der Waals surface area (Å²) in [6.45, 7) is 0. The van der Waals surface area contributed by atoms with Gasteiger partial charge in [-0.2, -0.15) is 5.10 Å². The van der Waals surface area contributed by atoms with Crippen molar-refractivity contribution in [3.63, 3.8) is 0 Å². The van der Waals surface area contributed by atoms with Gasteiger partial charge in [0.15, 0.2) is 15.7 Å². The molecule has 0 aromatic carbocycles. The lowest BCUT2D eigenvalue weighted by Crippen LogP contribution is -1.99. The Balaban J connectivity index is 2.43. The summed E-state index contributed by atoms with van der Waals surface area (Å²) in [4.78, 5) is 8.16. The Morgan fingerprint density at radius 1 is 1.25 bits per heavy atom. The van der Waals surface area contributed by atoms with Gasteiger partial charge in [-0.05, 0) is 15.9 Å². The van der Waals surface area contributed by atoms with E-state index >= 15 is 0 Å². The van der Waals surface area contributed by atoms with Gasteiger partial charge in [0.05, 0.1) is 24.8 Å². The molecule has 0 spiro atoms. The van der Waals surface area contributed by atoms with Gasteiger partial charge in [0.1, 0.15) is 9.50 Å². The second-order valence-corrected chi connectivity index (χ2v) is 5.92. The first kappa shape index (κ1) is 11.2. The molecule has 0 aliphatic carbocycles. The van der Waals surface area contributed by atoms with E-state index < -0.39 is 9.84 Å². The van der Waals surface area contributed by atoms with Gasteiger partial charge in [0.2, 0.25) is 0 Å². The van der Waals surface area contributed by atoms with Crippen molar-refractivity contribution in [2.45, 2.75) is 4.90 Å². The third-order valence-corrected chi connectivity index (χ3v) is 3.31. The zero-order chi connectivity index (χ0) is 11.8. The Kier molecular flexibility index (Phi) is 2.76. The van der Waals surface area contributed by atoms with Crippen molar-refractivity contribution in [3.05, 3.63) is 29.4 Å². The zero-order valence-electron chi connectivity index (χ0n) is 8.20. The molecule has 0 N–H and O–H groups in total. The smallest absolute Gasteiger partial charge is 0.178 e. The van der Waals surface area contributed by atoms with Crippen molar-refractivity contribution in [3.8, 4) is 5.82 Å². The summed E-state index contributed by atoms with van der Waals surface area (Å²) in [5, 5.41) is 3.90. The maximum atomic E-state index is 11.2. The number of hydrogen-bond acceptors (Lipinski definition) is 5. The number of halogens is 1. The molecule has 0 amide bonds. The van der Waals surface area contributed by atoms with Gasteiger partial charge in [0.25, 0.3) is 0 Å². The van der Waals surface area contributed by atoms with E-state index in [1.807, 2.05) is 0 Å². The van der Waals surface area contributed by atoms with Crippen LogP contribution < -0.4 is 0 Å². The highest BCUT2D eigenvalue weighted by Crippen LogP contribution is 2.10. The normalized spacial score (nSPS) is 11.6. The third kappa shape index (κ3) is 2.27. The molecule has 0 aliphatic heterocycles. The van der Waals surface area contributed by atoms with E-state index in [2.05, 4.69) is 31.0 Å². The van der Waals surface area contributed by atoms with E-state index in [0.717, 1.165) is 6.26 Å². The van der Waals surface area contributed by atoms with Crippen LogP contribution in [0.4, 0.5) is 0 Å². The fraction of sp³-hybridized carbons (Fsp3) is 0.125. The van der Waals surface area contributed by atoms with E-state index in [4.69, 9.17) is 0 Å². The Labute approximate surface area is 100 Å². The lowest BCUT2D eigenvalue weighted by Gasteiger charge is -1.98. The largest absolute Gasteiger partial charge is 0.244 e. The molecule has 2 aromatic rings. The van der Waals surface area contributed by atoms with E-state index in [9.17, 15) is 8.42 Å². The second kappa shape index (κ2) is 3.95. The molecule has 8 heteroatoms. The van der Waals surface area contributed by atoms with Crippen molar-refractivity contribution in [1.82, 2.24) is 19.7 Å². The molecular formula is C8H7BrN4O2S. The molecule has 2 aromatic heterocycles. The van der Waals surface area contributed by atoms with Gasteiger partial charge < -0.3 is 0 Å². The summed E-state index contributed by atoms with van der Waals surface area (Å²) in [5.41, 5.74) is 0. The predicted molar refractivity (Wildman–Crippen MR) is 60.0 cm³/mol. The molecule has 2 rings (SSSR count). The van der Waals surface area contributed by atoms with Crippen LogP contribution in [0.5, 0.6) is 0 Å². The summed E-state index contributed by atoms with van der Waals surface area (Å²) < 4.78 is 24.4. The maximum absolute atomic E-state index is 11.2. The first-order valence-corrected chi connectivity index (χ1v) is 6.88. The average Bonchev–Trinajstić information content (AvgIpc) is 2.67. The monoisotopic (exact) mass is 302 g/mol. The fourth-order valence-corrected chi connectivity index (χ4v) is 1.78. The van der Waals surface area contributed by atoms with Gasteiger partial charge in [-0.25, -0.2) is 23.1 Å². The van der Waals surface area contributed by atoms with Crippen molar-refractivity contribution >= 4 is 25.8 Å². The molecule has 0 radical (unpaired) electrons. The van der Waals surface area contributed by atoms with Gasteiger partial charge in [-0.1, -0.05) is 0 Å². The molecule has 0 saturated heterocycles. The molecule has 0 bridgehead atoms. The van der Waals surface area contributed by atoms with Crippen molar-refractivity contribution < 1.29 is 8.42 Å². The second-order valence-electron chi connectivity index (χ2n) is 3.09. The van der Waals surface area contributed by atoms with Crippen molar-refractivity contribution in [2.75, 3.05) is 6.26 Å². The van der Waals surface area contributed by atoms with Crippen LogP contribution in [-0.4, -0.2) is 34.4 Å². The van der Waals surface area contributed by atoms with Crippen LogP contribution in [0.2, 0.25) is 0 Å². The van der Waals surface area contributed by atoms with Crippen LogP contribution in [0.15, 0.2) is 34.3 Å². The SMILES string of the molecule is CS(=O)(=O)c1cnn(-c2cnc(Br)cn2)c1. The summed E-state index contributed by atoms with van der Waals surface area (Å²) in [6.07, 6.45) is 6.80. The van der Waals surface area contributed by atoms with Crippen molar-refractivity contribution in [2.24, 2.45) is 0 Å². The van der Waals surface area contributed by atoms with Gasteiger partial charge >= 0.3 is 0 Å². The van der Waals surface area contributed by atoms with Crippen LogP contribution in [-0.2, 0) is 9.84 Å². The van der Waals surface area contributed by atoms with Gasteiger partial charge in [-0.15, -0.1) is 0 Å². The first-order chi connectivity index (χ1) is 7.47. The van der Waals surface area contributed by atoms with Crippen LogP contribution >= 0.6 is 15.9 Å². The predicted octanol–water partition coefficient (Wildman–Crippen LogP) is 0.828.